The molecule has 1 aromatic carbocycles. The molecular formula is C18H22ClFN4O4S. The van der Waals surface area contributed by atoms with Crippen molar-refractivity contribution >= 4 is 27.5 Å². The van der Waals surface area contributed by atoms with E-state index in [1.807, 2.05) is 4.83 Å². The average molecular weight is 445 g/mol. The first-order valence-electron chi connectivity index (χ1n) is 9.03. The molecule has 1 fully saturated rings. The Balaban J connectivity index is 1.75. The largest absolute Gasteiger partial charge is 0.381 e. The SMILES string of the molecule is Cc1ncc(-c2cc(Cl)c(F)c(C(=O)NNS(=O)(=O)CC3CCOCC3)c2)n1C. The second kappa shape index (κ2) is 8.78. The van der Waals surface area contributed by atoms with Gasteiger partial charge in [-0.3, -0.25) is 10.2 Å². The van der Waals surface area contributed by atoms with Crippen molar-refractivity contribution in [1.82, 2.24) is 19.8 Å². The summed E-state index contributed by atoms with van der Waals surface area (Å²) in [5, 5.41) is -0.253. The quantitative estimate of drug-likeness (QED) is 0.665. The van der Waals surface area contributed by atoms with Gasteiger partial charge in [0, 0.05) is 25.8 Å². The van der Waals surface area contributed by atoms with Gasteiger partial charge in [0.1, 0.15) is 5.82 Å². The van der Waals surface area contributed by atoms with Crippen LogP contribution in [0.15, 0.2) is 18.3 Å². The van der Waals surface area contributed by atoms with Gasteiger partial charge in [-0.05, 0) is 37.8 Å². The number of aromatic nitrogens is 2. The fraction of sp³-hybridized carbons (Fsp3) is 0.444. The standard InChI is InChI=1S/C18H22ClFN4O4S/c1-11-21-9-16(24(11)2)13-7-14(17(20)15(19)8-13)18(25)22-23-29(26,27)10-12-3-5-28-6-4-12/h7-9,12,23H,3-6,10H2,1-2H3,(H,22,25). The van der Waals surface area contributed by atoms with Crippen LogP contribution in [0.4, 0.5) is 4.39 Å². The smallest absolute Gasteiger partial charge is 0.269 e. The maximum Gasteiger partial charge on any atom is 0.269 e. The minimum atomic E-state index is -3.78. The highest BCUT2D eigenvalue weighted by Gasteiger charge is 2.24. The van der Waals surface area contributed by atoms with Crippen LogP contribution < -0.4 is 10.3 Å². The van der Waals surface area contributed by atoms with Crippen molar-refractivity contribution in [3.8, 4) is 11.3 Å². The molecule has 1 aliphatic heterocycles. The van der Waals surface area contributed by atoms with Crippen LogP contribution in [0, 0.1) is 18.7 Å². The van der Waals surface area contributed by atoms with Crippen LogP contribution >= 0.6 is 11.6 Å². The summed E-state index contributed by atoms with van der Waals surface area (Å²) in [6.07, 6.45) is 2.84. The highest BCUT2D eigenvalue weighted by Crippen LogP contribution is 2.28. The Morgan fingerprint density at radius 1 is 1.38 bits per heavy atom. The van der Waals surface area contributed by atoms with Crippen molar-refractivity contribution in [3.63, 3.8) is 0 Å². The van der Waals surface area contributed by atoms with Crippen LogP contribution in [0.5, 0.6) is 0 Å². The number of ether oxygens (including phenoxy) is 1. The minimum absolute atomic E-state index is 0.0549. The fourth-order valence-electron chi connectivity index (χ4n) is 3.13. The number of hydrogen-bond acceptors (Lipinski definition) is 5. The maximum absolute atomic E-state index is 14.4. The van der Waals surface area contributed by atoms with E-state index in [0.29, 0.717) is 37.3 Å². The number of carbonyl (C=O) groups excluding carboxylic acids is 1. The Kier molecular flexibility index (Phi) is 6.57. The summed E-state index contributed by atoms with van der Waals surface area (Å²) in [6.45, 7) is 2.82. The molecule has 1 amide bonds. The summed E-state index contributed by atoms with van der Waals surface area (Å²) < 4.78 is 45.9. The Bertz CT molecular complexity index is 1020. The molecule has 1 aromatic heterocycles. The van der Waals surface area contributed by atoms with E-state index in [9.17, 15) is 17.6 Å². The number of halogens is 2. The molecular weight excluding hydrogens is 423 g/mol. The van der Waals surface area contributed by atoms with Crippen molar-refractivity contribution in [2.75, 3.05) is 19.0 Å². The van der Waals surface area contributed by atoms with Gasteiger partial charge in [-0.15, -0.1) is 4.83 Å². The summed E-state index contributed by atoms with van der Waals surface area (Å²) in [5.41, 5.74) is 2.81. The van der Waals surface area contributed by atoms with Gasteiger partial charge in [-0.25, -0.2) is 17.8 Å². The third-order valence-corrected chi connectivity index (χ3v) is 6.50. The zero-order chi connectivity index (χ0) is 21.2. The van der Waals surface area contributed by atoms with Crippen LogP contribution in [0.1, 0.15) is 29.0 Å². The second-order valence-electron chi connectivity index (χ2n) is 6.96. The highest BCUT2D eigenvalue weighted by atomic mass is 35.5. The first kappa shape index (κ1) is 21.7. The lowest BCUT2D eigenvalue weighted by Crippen LogP contribution is -2.44. The zero-order valence-corrected chi connectivity index (χ0v) is 17.6. The lowest BCUT2D eigenvalue weighted by atomic mass is 10.0. The molecule has 2 aromatic rings. The fourth-order valence-corrected chi connectivity index (χ4v) is 4.63. The van der Waals surface area contributed by atoms with Crippen LogP contribution in [0.2, 0.25) is 5.02 Å². The highest BCUT2D eigenvalue weighted by molar-refractivity contribution is 7.89. The monoisotopic (exact) mass is 444 g/mol. The normalized spacial score (nSPS) is 15.4. The van der Waals surface area contributed by atoms with Gasteiger partial charge in [-0.2, -0.15) is 0 Å². The van der Waals surface area contributed by atoms with Gasteiger partial charge in [0.25, 0.3) is 5.91 Å². The molecule has 11 heteroatoms. The van der Waals surface area contributed by atoms with Gasteiger partial charge in [0.05, 0.1) is 28.2 Å². The number of amides is 1. The summed E-state index contributed by atoms with van der Waals surface area (Å²) in [6, 6.07) is 2.69. The summed E-state index contributed by atoms with van der Waals surface area (Å²) in [5.74, 6) is -1.35. The van der Waals surface area contributed by atoms with E-state index in [1.54, 1.807) is 24.7 Å². The number of rotatable bonds is 6. The number of hydrogen-bond donors (Lipinski definition) is 2. The first-order valence-corrected chi connectivity index (χ1v) is 11.1. The number of benzene rings is 1. The van der Waals surface area contributed by atoms with E-state index in [0.717, 1.165) is 5.82 Å². The second-order valence-corrected chi connectivity index (χ2v) is 9.14. The molecule has 8 nitrogen and oxygen atoms in total. The Morgan fingerprint density at radius 2 is 2.07 bits per heavy atom. The molecule has 0 unspecified atom stereocenters. The van der Waals surface area contributed by atoms with Crippen LogP contribution in [0.3, 0.4) is 0 Å². The third kappa shape index (κ3) is 5.13. The molecule has 1 aliphatic rings. The van der Waals surface area contributed by atoms with Crippen molar-refractivity contribution in [3.05, 3.63) is 40.6 Å². The van der Waals surface area contributed by atoms with Crippen LogP contribution in [0.25, 0.3) is 11.3 Å². The van der Waals surface area contributed by atoms with E-state index in [1.165, 1.54) is 12.1 Å². The number of hydrazine groups is 1. The van der Waals surface area contributed by atoms with Gasteiger partial charge < -0.3 is 9.30 Å². The molecule has 0 bridgehead atoms. The minimum Gasteiger partial charge on any atom is -0.381 e. The zero-order valence-electron chi connectivity index (χ0n) is 16.0. The van der Waals surface area contributed by atoms with E-state index in [-0.39, 0.29) is 22.3 Å². The Hall–Kier alpha value is -2.01. The van der Waals surface area contributed by atoms with E-state index >= 15 is 0 Å². The molecule has 1 saturated heterocycles. The molecule has 158 valence electrons. The Morgan fingerprint density at radius 3 is 2.69 bits per heavy atom. The van der Waals surface area contributed by atoms with Gasteiger partial charge in [-0.1, -0.05) is 11.6 Å². The third-order valence-electron chi connectivity index (χ3n) is 4.91. The van der Waals surface area contributed by atoms with E-state index in [2.05, 4.69) is 10.4 Å². The maximum atomic E-state index is 14.4. The molecule has 2 N–H and O–H groups in total. The van der Waals surface area contributed by atoms with Gasteiger partial charge in [0.2, 0.25) is 10.0 Å². The van der Waals surface area contributed by atoms with Crippen molar-refractivity contribution < 1.29 is 22.3 Å². The number of sulfonamides is 1. The summed E-state index contributed by atoms with van der Waals surface area (Å²) in [7, 11) is -2.00. The van der Waals surface area contributed by atoms with Crippen molar-refractivity contribution in [1.29, 1.82) is 0 Å². The summed E-state index contributed by atoms with van der Waals surface area (Å²) >= 11 is 5.96. The lowest BCUT2D eigenvalue weighted by Gasteiger charge is -2.21. The molecule has 29 heavy (non-hydrogen) atoms. The molecule has 0 radical (unpaired) electrons. The van der Waals surface area contributed by atoms with Crippen molar-refractivity contribution in [2.24, 2.45) is 13.0 Å². The molecule has 0 spiro atoms. The molecule has 0 atom stereocenters. The van der Waals surface area contributed by atoms with E-state index in [4.69, 9.17) is 16.3 Å². The number of imidazole rings is 1. The molecule has 0 aliphatic carbocycles. The van der Waals surface area contributed by atoms with Crippen LogP contribution in [-0.4, -0.2) is 42.8 Å². The number of carbonyl (C=O) groups is 1. The number of nitrogens with one attached hydrogen (secondary N) is 2. The summed E-state index contributed by atoms with van der Waals surface area (Å²) in [4.78, 5) is 18.6. The molecule has 0 saturated carbocycles. The van der Waals surface area contributed by atoms with Crippen molar-refractivity contribution in [2.45, 2.75) is 19.8 Å². The first-order chi connectivity index (χ1) is 13.7. The molecule has 2 heterocycles. The topological polar surface area (TPSA) is 102 Å². The van der Waals surface area contributed by atoms with Gasteiger partial charge in [0.15, 0.2) is 5.82 Å². The average Bonchev–Trinajstić information content (AvgIpc) is 3.01. The number of aryl methyl sites for hydroxylation is 1. The lowest BCUT2D eigenvalue weighted by molar-refractivity contribution is 0.0722. The van der Waals surface area contributed by atoms with Gasteiger partial charge >= 0.3 is 0 Å². The predicted octanol–water partition coefficient (Wildman–Crippen LogP) is 2.18. The van der Waals surface area contributed by atoms with E-state index < -0.39 is 21.7 Å². The van der Waals surface area contributed by atoms with Crippen LogP contribution in [-0.2, 0) is 21.8 Å². The predicted molar refractivity (Wildman–Crippen MR) is 106 cm³/mol. The Labute approximate surface area is 173 Å². The number of nitrogens with zero attached hydrogens (tertiary/aromatic N) is 2. The molecule has 3 rings (SSSR count).